The molecule has 0 bridgehead atoms. The van der Waals surface area contributed by atoms with Crippen LogP contribution in [-0.2, 0) is 0 Å². The predicted molar refractivity (Wildman–Crippen MR) is 107 cm³/mol. The molecule has 3 aromatic rings. The van der Waals surface area contributed by atoms with E-state index in [9.17, 15) is 9.59 Å². The minimum absolute atomic E-state index is 0.199. The van der Waals surface area contributed by atoms with E-state index in [4.69, 9.17) is 9.47 Å². The number of aryl methyl sites for hydroxylation is 1. The zero-order chi connectivity index (χ0) is 19.7. The third-order valence-electron chi connectivity index (χ3n) is 4.24. The number of hydrogen-bond acceptors (Lipinski definition) is 5. The molecule has 1 aliphatic heterocycles. The molecule has 0 N–H and O–H groups in total. The van der Waals surface area contributed by atoms with Gasteiger partial charge in [-0.25, -0.2) is 4.79 Å². The molecule has 0 amide bonds. The molecule has 138 valence electrons. The fourth-order valence-electron chi connectivity index (χ4n) is 2.90. The first kappa shape index (κ1) is 18.1. The third kappa shape index (κ3) is 3.59. The fourth-order valence-corrected chi connectivity index (χ4v) is 3.16. The second-order valence-corrected chi connectivity index (χ2v) is 7.15. The van der Waals surface area contributed by atoms with Crippen LogP contribution in [0.5, 0.6) is 11.5 Å². The van der Waals surface area contributed by atoms with Crippen LogP contribution in [0.15, 0.2) is 71.2 Å². The number of benzene rings is 2. The Kier molecular flexibility index (Phi) is 4.79. The van der Waals surface area contributed by atoms with Gasteiger partial charge in [-0.1, -0.05) is 15.9 Å². The highest BCUT2D eigenvalue weighted by atomic mass is 79.9. The van der Waals surface area contributed by atoms with Crippen molar-refractivity contribution in [1.29, 1.82) is 0 Å². The van der Waals surface area contributed by atoms with Crippen molar-refractivity contribution in [2.75, 3.05) is 0 Å². The van der Waals surface area contributed by atoms with Crippen LogP contribution in [0.4, 0.5) is 0 Å². The summed E-state index contributed by atoms with van der Waals surface area (Å²) in [7, 11) is 0. The Bertz CT molecular complexity index is 1110. The van der Waals surface area contributed by atoms with Crippen LogP contribution >= 0.6 is 15.9 Å². The number of fused-ring (bicyclic) bond motifs is 1. The van der Waals surface area contributed by atoms with Gasteiger partial charge in [-0.15, -0.1) is 0 Å². The maximum absolute atomic E-state index is 12.7. The van der Waals surface area contributed by atoms with Crippen molar-refractivity contribution in [3.63, 3.8) is 0 Å². The lowest BCUT2D eigenvalue weighted by molar-refractivity contribution is 0.0734. The summed E-state index contributed by atoms with van der Waals surface area (Å²) in [6.07, 6.45) is 4.95. The Morgan fingerprint density at radius 2 is 1.82 bits per heavy atom. The van der Waals surface area contributed by atoms with E-state index in [0.717, 1.165) is 10.0 Å². The smallest absolute Gasteiger partial charge is 0.343 e. The van der Waals surface area contributed by atoms with Crippen molar-refractivity contribution in [2.24, 2.45) is 0 Å². The number of ketones is 1. The van der Waals surface area contributed by atoms with E-state index < -0.39 is 5.97 Å². The van der Waals surface area contributed by atoms with Crippen LogP contribution in [0, 0.1) is 6.92 Å². The van der Waals surface area contributed by atoms with Crippen molar-refractivity contribution in [3.05, 3.63) is 93.4 Å². The monoisotopic (exact) mass is 435 g/mol. The van der Waals surface area contributed by atoms with E-state index in [1.165, 1.54) is 0 Å². The fraction of sp³-hybridized carbons (Fsp3) is 0.0455. The zero-order valence-corrected chi connectivity index (χ0v) is 16.4. The summed E-state index contributed by atoms with van der Waals surface area (Å²) >= 11 is 3.33. The lowest BCUT2D eigenvalue weighted by Crippen LogP contribution is -2.08. The van der Waals surface area contributed by atoms with E-state index in [-0.39, 0.29) is 11.5 Å². The Morgan fingerprint density at radius 3 is 2.54 bits per heavy atom. The van der Waals surface area contributed by atoms with Gasteiger partial charge in [0.25, 0.3) is 0 Å². The topological polar surface area (TPSA) is 65.5 Å². The minimum atomic E-state index is -0.483. The molecule has 28 heavy (non-hydrogen) atoms. The first-order valence-corrected chi connectivity index (χ1v) is 9.27. The first-order chi connectivity index (χ1) is 13.5. The van der Waals surface area contributed by atoms with Gasteiger partial charge in [0.15, 0.2) is 5.76 Å². The van der Waals surface area contributed by atoms with Crippen LogP contribution in [0.25, 0.3) is 6.08 Å². The number of ether oxygens (including phenoxy) is 2. The summed E-state index contributed by atoms with van der Waals surface area (Å²) in [6, 6.07) is 13.7. The van der Waals surface area contributed by atoms with E-state index in [0.29, 0.717) is 28.2 Å². The van der Waals surface area contributed by atoms with E-state index >= 15 is 0 Å². The number of allylic oxidation sites excluding steroid dienone is 1. The average molecular weight is 436 g/mol. The largest absolute Gasteiger partial charge is 0.452 e. The highest BCUT2D eigenvalue weighted by Crippen LogP contribution is 2.37. The van der Waals surface area contributed by atoms with Gasteiger partial charge in [0, 0.05) is 22.9 Å². The molecule has 2 heterocycles. The number of rotatable bonds is 3. The molecule has 4 rings (SSSR count). The Hall–Kier alpha value is -3.25. The Labute approximate surface area is 169 Å². The lowest BCUT2D eigenvalue weighted by Gasteiger charge is -2.08. The second kappa shape index (κ2) is 7.40. The number of pyridine rings is 1. The van der Waals surface area contributed by atoms with Gasteiger partial charge in [-0.2, -0.15) is 0 Å². The molecule has 0 aliphatic carbocycles. The lowest BCUT2D eigenvalue weighted by atomic mass is 10.0. The molecule has 0 unspecified atom stereocenters. The number of nitrogens with zero attached hydrogens (tertiary/aromatic N) is 1. The maximum Gasteiger partial charge on any atom is 0.343 e. The summed E-state index contributed by atoms with van der Waals surface area (Å²) in [4.78, 5) is 29.0. The van der Waals surface area contributed by atoms with Crippen molar-refractivity contribution in [3.8, 4) is 11.5 Å². The highest BCUT2D eigenvalue weighted by Gasteiger charge is 2.30. The van der Waals surface area contributed by atoms with Gasteiger partial charge >= 0.3 is 5.97 Å². The first-order valence-electron chi connectivity index (χ1n) is 8.48. The zero-order valence-electron chi connectivity index (χ0n) is 14.8. The summed E-state index contributed by atoms with van der Waals surface area (Å²) in [5, 5.41) is 0. The van der Waals surface area contributed by atoms with Crippen LogP contribution in [0.2, 0.25) is 0 Å². The summed E-state index contributed by atoms with van der Waals surface area (Å²) in [6.45, 7) is 1.78. The van der Waals surface area contributed by atoms with Crippen molar-refractivity contribution >= 4 is 33.8 Å². The molecule has 6 heteroatoms. The van der Waals surface area contributed by atoms with Crippen LogP contribution < -0.4 is 9.47 Å². The number of Topliss-reactive ketones (excluding diaryl/α,β-unsaturated/α-hetero) is 1. The quantitative estimate of drug-likeness (QED) is 0.329. The molecule has 0 radical (unpaired) electrons. The van der Waals surface area contributed by atoms with Gasteiger partial charge in [0.2, 0.25) is 5.78 Å². The Morgan fingerprint density at radius 1 is 1.11 bits per heavy atom. The molecular formula is C22H14BrNO4. The number of esters is 1. The number of hydrogen-bond donors (Lipinski definition) is 0. The molecule has 5 nitrogen and oxygen atoms in total. The van der Waals surface area contributed by atoms with Gasteiger partial charge < -0.3 is 9.47 Å². The molecule has 0 spiro atoms. The van der Waals surface area contributed by atoms with Gasteiger partial charge in [-0.3, -0.25) is 9.78 Å². The van der Waals surface area contributed by atoms with Crippen LogP contribution in [0.3, 0.4) is 0 Å². The summed E-state index contributed by atoms with van der Waals surface area (Å²) in [5.74, 6) is 0.241. The van der Waals surface area contributed by atoms with Crippen molar-refractivity contribution in [1.82, 2.24) is 4.98 Å². The molecule has 0 saturated heterocycles. The summed E-state index contributed by atoms with van der Waals surface area (Å²) in [5.41, 5.74) is 2.39. The van der Waals surface area contributed by atoms with E-state index in [1.54, 1.807) is 73.9 Å². The number of halogens is 1. The molecule has 1 aromatic heterocycles. The van der Waals surface area contributed by atoms with Crippen LogP contribution in [0.1, 0.15) is 31.8 Å². The molecular weight excluding hydrogens is 422 g/mol. The summed E-state index contributed by atoms with van der Waals surface area (Å²) < 4.78 is 12.1. The average Bonchev–Trinajstić information content (AvgIpc) is 2.99. The SMILES string of the molecule is Cc1cc(OC(=O)c2ccc(Br)cc2)cc2c1C(=O)/C(=C/c1ccncc1)O2. The molecule has 1 aliphatic rings. The Balaban J connectivity index is 1.60. The standard InChI is InChI=1S/C22H14BrNO4/c1-13-10-17(27-22(26)15-2-4-16(23)5-3-15)12-18-20(13)21(25)19(28-18)11-14-6-8-24-9-7-14/h2-12H,1H3/b19-11-. The van der Waals surface area contributed by atoms with Gasteiger partial charge in [0.1, 0.15) is 11.5 Å². The number of carbonyl (C=O) groups is 2. The molecule has 0 atom stereocenters. The van der Waals surface area contributed by atoms with E-state index in [1.807, 2.05) is 0 Å². The van der Waals surface area contributed by atoms with Gasteiger partial charge in [-0.05, 0) is 66.6 Å². The minimum Gasteiger partial charge on any atom is -0.452 e. The third-order valence-corrected chi connectivity index (χ3v) is 4.77. The predicted octanol–water partition coefficient (Wildman–Crippen LogP) is 4.99. The molecule has 2 aromatic carbocycles. The normalized spacial score (nSPS) is 13.9. The highest BCUT2D eigenvalue weighted by molar-refractivity contribution is 9.10. The second-order valence-electron chi connectivity index (χ2n) is 6.23. The van der Waals surface area contributed by atoms with Crippen LogP contribution in [-0.4, -0.2) is 16.7 Å². The number of carbonyl (C=O) groups excluding carboxylic acids is 2. The molecule has 0 saturated carbocycles. The maximum atomic E-state index is 12.7. The number of aromatic nitrogens is 1. The van der Waals surface area contributed by atoms with Gasteiger partial charge in [0.05, 0.1) is 11.1 Å². The van der Waals surface area contributed by atoms with Crippen molar-refractivity contribution < 1.29 is 19.1 Å². The van der Waals surface area contributed by atoms with E-state index in [2.05, 4.69) is 20.9 Å². The van der Waals surface area contributed by atoms with Crippen molar-refractivity contribution in [2.45, 2.75) is 6.92 Å². The molecule has 0 fully saturated rings.